The van der Waals surface area contributed by atoms with E-state index >= 15 is 0 Å². The first-order valence-corrected chi connectivity index (χ1v) is 9.81. The monoisotopic (exact) mass is 396 g/mol. The molecule has 5 rings (SSSR count). The summed E-state index contributed by atoms with van der Waals surface area (Å²) in [5.74, 6) is 0.939. The number of fused-ring (bicyclic) bond motifs is 1. The Bertz CT molecular complexity index is 963. The molecular formula is C22H21FN2O4. The van der Waals surface area contributed by atoms with Crippen LogP contribution < -0.4 is 9.47 Å². The van der Waals surface area contributed by atoms with Crippen LogP contribution in [0.15, 0.2) is 42.5 Å². The predicted octanol–water partition coefficient (Wildman–Crippen LogP) is 2.57. The molecule has 0 unspecified atom stereocenters. The number of rotatable bonds is 3. The molecule has 1 saturated heterocycles. The van der Waals surface area contributed by atoms with Crippen LogP contribution in [0.4, 0.5) is 4.39 Å². The molecule has 0 spiro atoms. The van der Waals surface area contributed by atoms with Crippen LogP contribution >= 0.6 is 0 Å². The maximum atomic E-state index is 13.2. The van der Waals surface area contributed by atoms with Crippen LogP contribution in [0.2, 0.25) is 0 Å². The van der Waals surface area contributed by atoms with Gasteiger partial charge in [-0.15, -0.1) is 0 Å². The van der Waals surface area contributed by atoms with Crippen molar-refractivity contribution in [1.29, 1.82) is 0 Å². The third-order valence-electron chi connectivity index (χ3n) is 6.03. The maximum absolute atomic E-state index is 13.2. The Labute approximate surface area is 167 Å². The molecule has 2 heterocycles. The van der Waals surface area contributed by atoms with Crippen LogP contribution in [0.5, 0.6) is 11.5 Å². The molecule has 0 radical (unpaired) electrons. The summed E-state index contributed by atoms with van der Waals surface area (Å²) in [5, 5.41) is 0. The van der Waals surface area contributed by atoms with E-state index in [4.69, 9.17) is 9.47 Å². The molecule has 2 amide bonds. The molecule has 0 atom stereocenters. The normalized spacial score (nSPS) is 19.2. The van der Waals surface area contributed by atoms with Gasteiger partial charge in [0.25, 0.3) is 5.91 Å². The van der Waals surface area contributed by atoms with Gasteiger partial charge in [-0.2, -0.15) is 0 Å². The number of hydrogen-bond acceptors (Lipinski definition) is 4. The molecule has 150 valence electrons. The molecule has 1 saturated carbocycles. The van der Waals surface area contributed by atoms with Gasteiger partial charge in [0, 0.05) is 31.7 Å². The highest BCUT2D eigenvalue weighted by Gasteiger charge is 2.53. The minimum Gasteiger partial charge on any atom is -0.454 e. The SMILES string of the molecule is O=C(c1ccc2c(c1)OCO2)N1CCN(C(=O)C2(c3ccc(F)cc3)CC2)CC1. The number of carbonyl (C=O) groups excluding carboxylic acids is 2. The van der Waals surface area contributed by atoms with Gasteiger partial charge >= 0.3 is 0 Å². The third-order valence-corrected chi connectivity index (χ3v) is 6.03. The number of halogens is 1. The van der Waals surface area contributed by atoms with Crippen LogP contribution in [0.1, 0.15) is 28.8 Å². The van der Waals surface area contributed by atoms with Crippen molar-refractivity contribution < 1.29 is 23.5 Å². The second-order valence-electron chi connectivity index (χ2n) is 7.74. The average Bonchev–Trinajstić information content (AvgIpc) is 3.43. The van der Waals surface area contributed by atoms with E-state index in [9.17, 15) is 14.0 Å². The quantitative estimate of drug-likeness (QED) is 0.800. The first-order chi connectivity index (χ1) is 14.1. The minimum absolute atomic E-state index is 0.0740. The van der Waals surface area contributed by atoms with E-state index in [0.29, 0.717) is 43.2 Å². The van der Waals surface area contributed by atoms with Gasteiger partial charge in [-0.05, 0) is 48.7 Å². The number of carbonyl (C=O) groups is 2. The van der Waals surface area contributed by atoms with Crippen molar-refractivity contribution in [2.45, 2.75) is 18.3 Å². The second kappa shape index (κ2) is 6.76. The van der Waals surface area contributed by atoms with Gasteiger partial charge in [-0.3, -0.25) is 9.59 Å². The van der Waals surface area contributed by atoms with Crippen LogP contribution in [0.25, 0.3) is 0 Å². The summed E-state index contributed by atoms with van der Waals surface area (Å²) in [4.78, 5) is 29.6. The topological polar surface area (TPSA) is 59.1 Å². The predicted molar refractivity (Wildman–Crippen MR) is 102 cm³/mol. The molecule has 6 nitrogen and oxygen atoms in total. The van der Waals surface area contributed by atoms with Crippen molar-refractivity contribution in [3.63, 3.8) is 0 Å². The number of piperazine rings is 1. The molecule has 2 aliphatic heterocycles. The van der Waals surface area contributed by atoms with Crippen molar-refractivity contribution >= 4 is 11.8 Å². The van der Waals surface area contributed by atoms with Gasteiger partial charge in [0.2, 0.25) is 12.7 Å². The number of benzene rings is 2. The standard InChI is InChI=1S/C22H21FN2O4/c23-17-4-2-16(3-5-17)22(7-8-22)21(27)25-11-9-24(10-12-25)20(26)15-1-6-18-19(13-15)29-14-28-18/h1-6,13H,7-12,14H2. The summed E-state index contributed by atoms with van der Waals surface area (Å²) in [6, 6.07) is 11.4. The van der Waals surface area contributed by atoms with Gasteiger partial charge in [-0.1, -0.05) is 12.1 Å². The molecule has 3 aliphatic rings. The molecule has 0 aromatic heterocycles. The molecule has 0 bridgehead atoms. The van der Waals surface area contributed by atoms with Crippen LogP contribution in [-0.2, 0) is 10.2 Å². The van der Waals surface area contributed by atoms with Crippen molar-refractivity contribution in [2.24, 2.45) is 0 Å². The zero-order chi connectivity index (χ0) is 20.0. The summed E-state index contributed by atoms with van der Waals surface area (Å²) >= 11 is 0. The van der Waals surface area contributed by atoms with Gasteiger partial charge in [-0.25, -0.2) is 4.39 Å². The molecule has 2 aromatic rings. The molecule has 2 fully saturated rings. The van der Waals surface area contributed by atoms with Crippen molar-refractivity contribution in [3.8, 4) is 11.5 Å². The summed E-state index contributed by atoms with van der Waals surface area (Å²) < 4.78 is 23.9. The van der Waals surface area contributed by atoms with Crippen LogP contribution in [0, 0.1) is 5.82 Å². The molecule has 0 N–H and O–H groups in total. The largest absolute Gasteiger partial charge is 0.454 e. The Balaban J connectivity index is 1.24. The zero-order valence-electron chi connectivity index (χ0n) is 15.9. The van der Waals surface area contributed by atoms with E-state index in [1.165, 1.54) is 12.1 Å². The number of hydrogen-bond donors (Lipinski definition) is 0. The smallest absolute Gasteiger partial charge is 0.254 e. The molecule has 2 aromatic carbocycles. The lowest BCUT2D eigenvalue weighted by atomic mass is 9.94. The summed E-state index contributed by atoms with van der Waals surface area (Å²) in [7, 11) is 0. The third kappa shape index (κ3) is 3.10. The van der Waals surface area contributed by atoms with Crippen molar-refractivity contribution in [1.82, 2.24) is 9.80 Å². The van der Waals surface area contributed by atoms with E-state index in [1.54, 1.807) is 35.2 Å². The lowest BCUT2D eigenvalue weighted by Crippen LogP contribution is -2.53. The van der Waals surface area contributed by atoms with Gasteiger partial charge in [0.15, 0.2) is 11.5 Å². The van der Waals surface area contributed by atoms with Gasteiger partial charge in [0.1, 0.15) is 5.82 Å². The lowest BCUT2D eigenvalue weighted by Gasteiger charge is -2.36. The number of ether oxygens (including phenoxy) is 2. The Morgan fingerprint density at radius 3 is 2.21 bits per heavy atom. The molecular weight excluding hydrogens is 375 g/mol. The first kappa shape index (κ1) is 18.0. The highest BCUT2D eigenvalue weighted by atomic mass is 19.1. The van der Waals surface area contributed by atoms with Crippen LogP contribution in [-0.4, -0.2) is 54.6 Å². The van der Waals surface area contributed by atoms with E-state index in [0.717, 1.165) is 18.4 Å². The fourth-order valence-corrected chi connectivity index (χ4v) is 4.15. The Hall–Kier alpha value is -3.09. The molecule has 1 aliphatic carbocycles. The fraction of sp³-hybridized carbons (Fsp3) is 0.364. The minimum atomic E-state index is -0.517. The Morgan fingerprint density at radius 1 is 0.862 bits per heavy atom. The first-order valence-electron chi connectivity index (χ1n) is 9.81. The van der Waals surface area contributed by atoms with Crippen molar-refractivity contribution in [2.75, 3.05) is 33.0 Å². The summed E-state index contributed by atoms with van der Waals surface area (Å²) in [5.41, 5.74) is 0.916. The maximum Gasteiger partial charge on any atom is 0.254 e. The van der Waals surface area contributed by atoms with E-state index < -0.39 is 5.41 Å². The summed E-state index contributed by atoms with van der Waals surface area (Å²) in [6.07, 6.45) is 1.57. The van der Waals surface area contributed by atoms with Gasteiger partial charge in [0.05, 0.1) is 5.41 Å². The van der Waals surface area contributed by atoms with Gasteiger partial charge < -0.3 is 19.3 Å². The molecule has 29 heavy (non-hydrogen) atoms. The zero-order valence-corrected chi connectivity index (χ0v) is 15.9. The highest BCUT2D eigenvalue weighted by molar-refractivity contribution is 5.95. The Kier molecular flexibility index (Phi) is 4.19. The highest BCUT2D eigenvalue weighted by Crippen LogP contribution is 2.49. The average molecular weight is 396 g/mol. The fourth-order valence-electron chi connectivity index (χ4n) is 4.15. The van der Waals surface area contributed by atoms with E-state index in [2.05, 4.69) is 0 Å². The van der Waals surface area contributed by atoms with E-state index in [1.807, 2.05) is 4.90 Å². The number of amides is 2. The van der Waals surface area contributed by atoms with E-state index in [-0.39, 0.29) is 24.4 Å². The second-order valence-corrected chi connectivity index (χ2v) is 7.74. The lowest BCUT2D eigenvalue weighted by molar-refractivity contribution is -0.135. The van der Waals surface area contributed by atoms with Crippen molar-refractivity contribution in [3.05, 3.63) is 59.4 Å². The number of nitrogens with zero attached hydrogens (tertiary/aromatic N) is 2. The Morgan fingerprint density at radius 2 is 1.52 bits per heavy atom. The van der Waals surface area contributed by atoms with Crippen LogP contribution in [0.3, 0.4) is 0 Å². The summed E-state index contributed by atoms with van der Waals surface area (Å²) in [6.45, 7) is 2.14. The molecule has 7 heteroatoms.